The van der Waals surface area contributed by atoms with Crippen LogP contribution in [0.3, 0.4) is 0 Å². The van der Waals surface area contributed by atoms with Gasteiger partial charge in [-0.3, -0.25) is 0 Å². The molecule has 24 heavy (non-hydrogen) atoms. The SMILES string of the molecule is C1=C(c2ccccc2)[OH+][Te]=C1c1ccccc1.O=C([O-])C(F)(F)F. The fourth-order valence-corrected chi connectivity index (χ4v) is 3.93. The molecular weight excluding hydrogens is 437 g/mol. The summed E-state index contributed by atoms with van der Waals surface area (Å²) in [5.74, 6) is -1.86. The Morgan fingerprint density at radius 3 is 1.83 bits per heavy atom. The van der Waals surface area contributed by atoms with Crippen LogP contribution in [0.4, 0.5) is 13.2 Å². The van der Waals surface area contributed by atoms with Gasteiger partial charge >= 0.3 is 117 Å². The minimum Gasteiger partial charge on any atom is -0.542 e. The third-order valence-corrected chi connectivity index (χ3v) is 5.26. The maximum Gasteiger partial charge on any atom is 0.430 e. The summed E-state index contributed by atoms with van der Waals surface area (Å²) in [6, 6.07) is 21.0. The van der Waals surface area contributed by atoms with Crippen LogP contribution in [0, 0.1) is 0 Å². The van der Waals surface area contributed by atoms with Gasteiger partial charge in [-0.1, -0.05) is 0 Å². The Balaban J connectivity index is 0.000000256. The number of hydrogen-bond acceptors (Lipinski definition) is 2. The molecule has 0 bridgehead atoms. The predicted octanol–water partition coefficient (Wildman–Crippen LogP) is 1.71. The van der Waals surface area contributed by atoms with Gasteiger partial charge in [-0.25, -0.2) is 0 Å². The number of halogens is 3. The van der Waals surface area contributed by atoms with Crippen molar-refractivity contribution in [3.05, 3.63) is 77.9 Å². The van der Waals surface area contributed by atoms with Crippen LogP contribution in [0.15, 0.2) is 66.7 Å². The normalized spacial score (nSPS) is 13.1. The molecule has 1 heterocycles. The number of hydrogen-bond donors (Lipinski definition) is 0. The van der Waals surface area contributed by atoms with Gasteiger partial charge in [-0.05, 0) is 0 Å². The molecule has 0 amide bonds. The fourth-order valence-electron chi connectivity index (χ4n) is 1.76. The van der Waals surface area contributed by atoms with Crippen LogP contribution in [0.5, 0.6) is 0 Å². The van der Waals surface area contributed by atoms with Gasteiger partial charge in [-0.2, -0.15) is 13.2 Å². The van der Waals surface area contributed by atoms with E-state index in [0.29, 0.717) is 0 Å². The molecular formula is C17H12F3O3Te. The minimum atomic E-state index is -5.19. The molecule has 1 radical (unpaired) electrons. The molecule has 0 aromatic heterocycles. The van der Waals surface area contributed by atoms with E-state index in [9.17, 15) is 13.2 Å². The number of rotatable bonds is 2. The van der Waals surface area contributed by atoms with Crippen LogP contribution >= 0.6 is 0 Å². The summed E-state index contributed by atoms with van der Waals surface area (Å²) < 4.78 is 37.7. The molecule has 1 aliphatic rings. The van der Waals surface area contributed by atoms with Gasteiger partial charge in [0.1, 0.15) is 5.97 Å². The number of aliphatic hydroxyl groups is 1. The molecule has 0 fully saturated rings. The smallest absolute Gasteiger partial charge is 0.430 e. The summed E-state index contributed by atoms with van der Waals surface area (Å²) in [5.41, 5.74) is 2.55. The Morgan fingerprint density at radius 1 is 0.917 bits per heavy atom. The van der Waals surface area contributed by atoms with Crippen LogP contribution in [-0.2, 0) is 4.79 Å². The summed E-state index contributed by atoms with van der Waals surface area (Å²) in [5, 5.41) is 8.78. The number of aliphatic carboxylic acids is 1. The van der Waals surface area contributed by atoms with E-state index in [1.807, 2.05) is 6.07 Å². The zero-order valence-corrected chi connectivity index (χ0v) is 14.5. The molecule has 7 heteroatoms. The third-order valence-electron chi connectivity index (χ3n) is 2.87. The molecule has 0 spiro atoms. The first-order valence-corrected chi connectivity index (χ1v) is 8.94. The Bertz CT molecular complexity index is 754. The van der Waals surface area contributed by atoms with E-state index in [1.165, 1.54) is 14.7 Å². The maximum atomic E-state index is 10.5. The molecule has 3 rings (SSSR count). The zero-order valence-electron chi connectivity index (χ0n) is 12.2. The molecule has 0 aliphatic carbocycles. The summed E-state index contributed by atoms with van der Waals surface area (Å²) >= 11 is -0.402. The molecule has 0 saturated carbocycles. The average molecular weight is 449 g/mol. The second kappa shape index (κ2) is 8.13. The standard InChI is InChI=1S/C15H12OTe.C2HF3O2/c1-3-7-12(8-4-1)14-11-15(17-16-14)13-9-5-2-6-10-13;3-2(4,5)1(6)7/h1-11,16H;(H,6,7)/q+1;/p-1. The molecule has 0 saturated heterocycles. The second-order valence-electron chi connectivity index (χ2n) is 4.59. The Hall–Kier alpha value is -2.10. The van der Waals surface area contributed by atoms with Crippen molar-refractivity contribution in [1.29, 1.82) is 0 Å². The van der Waals surface area contributed by atoms with Crippen molar-refractivity contribution < 1.29 is 26.2 Å². The fraction of sp³-hybridized carbons (Fsp3) is 0.0588. The summed E-state index contributed by atoms with van der Waals surface area (Å²) in [4.78, 5) is 8.78. The van der Waals surface area contributed by atoms with E-state index in [-0.39, 0.29) is 0 Å². The number of allylic oxidation sites excluding steroid dienone is 1. The summed E-state index contributed by atoms with van der Waals surface area (Å²) in [7, 11) is 0. The Labute approximate surface area is 146 Å². The summed E-state index contributed by atoms with van der Waals surface area (Å²) in [6.45, 7) is 0. The summed E-state index contributed by atoms with van der Waals surface area (Å²) in [6.07, 6.45) is -2.95. The van der Waals surface area contributed by atoms with E-state index in [1.54, 1.807) is 0 Å². The monoisotopic (exact) mass is 451 g/mol. The van der Waals surface area contributed by atoms with Gasteiger partial charge < -0.3 is 9.90 Å². The van der Waals surface area contributed by atoms with Crippen LogP contribution in [0.2, 0.25) is 0 Å². The predicted molar refractivity (Wildman–Crippen MR) is 84.0 cm³/mol. The zero-order chi connectivity index (χ0) is 17.6. The van der Waals surface area contributed by atoms with E-state index in [4.69, 9.17) is 13.0 Å². The number of carboxylic acid groups (broad SMARTS) is 1. The maximum absolute atomic E-state index is 10.5. The number of benzene rings is 2. The van der Waals surface area contributed by atoms with Crippen molar-refractivity contribution in [2.24, 2.45) is 0 Å². The van der Waals surface area contributed by atoms with Crippen LogP contribution in [0.1, 0.15) is 11.1 Å². The van der Waals surface area contributed by atoms with Crippen molar-refractivity contribution in [3.63, 3.8) is 0 Å². The van der Waals surface area contributed by atoms with Crippen LogP contribution in [-0.4, -0.2) is 39.7 Å². The van der Waals surface area contributed by atoms with Gasteiger partial charge in [-0.15, -0.1) is 0 Å². The van der Waals surface area contributed by atoms with E-state index in [2.05, 4.69) is 60.7 Å². The van der Waals surface area contributed by atoms with Gasteiger partial charge in [0.25, 0.3) is 0 Å². The molecule has 3 nitrogen and oxygen atoms in total. The molecule has 2 aromatic carbocycles. The molecule has 125 valence electrons. The minimum absolute atomic E-state index is 0.402. The topological polar surface area (TPSA) is 52.9 Å². The number of carboxylic acids is 1. The van der Waals surface area contributed by atoms with E-state index in [0.717, 1.165) is 5.76 Å². The van der Waals surface area contributed by atoms with E-state index >= 15 is 0 Å². The number of carbonyl (C=O) groups excluding carboxylic acids is 1. The van der Waals surface area contributed by atoms with Gasteiger partial charge in [0.2, 0.25) is 0 Å². The Kier molecular flexibility index (Phi) is 6.18. The van der Waals surface area contributed by atoms with Crippen molar-refractivity contribution in [1.82, 2.24) is 0 Å². The van der Waals surface area contributed by atoms with Crippen molar-refractivity contribution >= 4 is 36.1 Å². The largest absolute Gasteiger partial charge is 0.542 e. The first-order valence-electron chi connectivity index (χ1n) is 6.73. The van der Waals surface area contributed by atoms with Gasteiger partial charge in [0.05, 0.1) is 0 Å². The number of alkyl halides is 3. The molecule has 1 aliphatic heterocycles. The first-order chi connectivity index (χ1) is 11.4. The molecule has 0 unspecified atom stereocenters. The quantitative estimate of drug-likeness (QED) is 0.519. The average Bonchev–Trinajstić information content (AvgIpc) is 3.06. The van der Waals surface area contributed by atoms with Gasteiger partial charge in [0, 0.05) is 0 Å². The third kappa shape index (κ3) is 5.22. The number of carbonyl (C=O) groups is 1. The van der Waals surface area contributed by atoms with Gasteiger partial charge in [0.15, 0.2) is 0 Å². The Morgan fingerprint density at radius 2 is 1.38 bits per heavy atom. The van der Waals surface area contributed by atoms with Crippen molar-refractivity contribution in [3.8, 4) is 0 Å². The second-order valence-corrected chi connectivity index (χ2v) is 6.89. The molecule has 0 atom stereocenters. The molecule has 2 aromatic rings. The van der Waals surface area contributed by atoms with Crippen molar-refractivity contribution in [2.75, 3.05) is 0 Å². The molecule has 1 N–H and O–H groups in total. The first kappa shape index (κ1) is 18.2. The van der Waals surface area contributed by atoms with E-state index < -0.39 is 33.0 Å². The van der Waals surface area contributed by atoms with Crippen LogP contribution < -0.4 is 5.11 Å². The van der Waals surface area contributed by atoms with Crippen molar-refractivity contribution in [2.45, 2.75) is 6.18 Å². The van der Waals surface area contributed by atoms with Crippen LogP contribution in [0.25, 0.3) is 5.76 Å².